The number of rotatable bonds is 6. The molecular weight excluding hydrogens is 194 g/mol. The quantitative estimate of drug-likeness (QED) is 0.710. The zero-order valence-corrected chi connectivity index (χ0v) is 10.9. The molecule has 0 aromatic heterocycles. The highest BCUT2D eigenvalue weighted by molar-refractivity contribution is 5.31. The topological polar surface area (TPSA) is 26.0 Å². The van der Waals surface area contributed by atoms with E-state index in [1.807, 2.05) is 0 Å². The molecule has 1 aromatic carbocycles. The maximum atomic E-state index is 6.20. The lowest BCUT2D eigenvalue weighted by Gasteiger charge is -2.13. The standard InChI is InChI=1S/C15H25N/c1-4-5-6-7-8-15(16)14-10-9-12(2)13(3)11-14/h9-11,15H,4-8,16H2,1-3H3. The lowest BCUT2D eigenvalue weighted by Crippen LogP contribution is -2.10. The molecule has 0 amide bonds. The third kappa shape index (κ3) is 3.97. The maximum absolute atomic E-state index is 6.20. The summed E-state index contributed by atoms with van der Waals surface area (Å²) in [7, 11) is 0. The Morgan fingerprint density at radius 3 is 2.44 bits per heavy atom. The van der Waals surface area contributed by atoms with Crippen molar-refractivity contribution in [2.45, 2.75) is 58.9 Å². The second-order valence-electron chi connectivity index (χ2n) is 4.80. The molecule has 0 radical (unpaired) electrons. The van der Waals surface area contributed by atoms with Crippen LogP contribution < -0.4 is 5.73 Å². The molecule has 1 rings (SSSR count). The van der Waals surface area contributed by atoms with E-state index in [2.05, 4.69) is 39.0 Å². The third-order valence-corrected chi connectivity index (χ3v) is 3.33. The van der Waals surface area contributed by atoms with E-state index in [0.717, 1.165) is 6.42 Å². The van der Waals surface area contributed by atoms with E-state index < -0.39 is 0 Å². The zero-order chi connectivity index (χ0) is 12.0. The Balaban J connectivity index is 2.46. The molecule has 0 fully saturated rings. The van der Waals surface area contributed by atoms with Gasteiger partial charge in [0.05, 0.1) is 0 Å². The molecule has 1 unspecified atom stereocenters. The molecule has 90 valence electrons. The molecule has 1 aromatic rings. The van der Waals surface area contributed by atoms with Gasteiger partial charge < -0.3 is 5.73 Å². The van der Waals surface area contributed by atoms with Crippen molar-refractivity contribution in [3.05, 3.63) is 34.9 Å². The molecule has 0 saturated carbocycles. The van der Waals surface area contributed by atoms with Crippen molar-refractivity contribution < 1.29 is 0 Å². The van der Waals surface area contributed by atoms with Gasteiger partial charge in [0.25, 0.3) is 0 Å². The molecule has 16 heavy (non-hydrogen) atoms. The van der Waals surface area contributed by atoms with Crippen LogP contribution in [-0.4, -0.2) is 0 Å². The predicted molar refractivity (Wildman–Crippen MR) is 71.6 cm³/mol. The molecule has 2 N–H and O–H groups in total. The number of hydrogen-bond donors (Lipinski definition) is 1. The van der Waals surface area contributed by atoms with Crippen LogP contribution in [0.4, 0.5) is 0 Å². The Kier molecular flexibility index (Phi) is 5.54. The SMILES string of the molecule is CCCCCCC(N)c1ccc(C)c(C)c1. The van der Waals surface area contributed by atoms with Gasteiger partial charge in [-0.25, -0.2) is 0 Å². The van der Waals surface area contributed by atoms with E-state index in [-0.39, 0.29) is 6.04 Å². The van der Waals surface area contributed by atoms with Crippen LogP contribution in [0.2, 0.25) is 0 Å². The number of hydrogen-bond acceptors (Lipinski definition) is 1. The van der Waals surface area contributed by atoms with Gasteiger partial charge >= 0.3 is 0 Å². The first-order valence-electron chi connectivity index (χ1n) is 6.48. The highest BCUT2D eigenvalue weighted by Crippen LogP contribution is 2.20. The summed E-state index contributed by atoms with van der Waals surface area (Å²) in [5.41, 5.74) is 10.2. The van der Waals surface area contributed by atoms with Crippen molar-refractivity contribution in [1.82, 2.24) is 0 Å². The van der Waals surface area contributed by atoms with Crippen LogP contribution >= 0.6 is 0 Å². The Hall–Kier alpha value is -0.820. The van der Waals surface area contributed by atoms with Crippen molar-refractivity contribution >= 4 is 0 Å². The number of benzene rings is 1. The molecule has 0 spiro atoms. The first-order chi connectivity index (χ1) is 7.65. The fourth-order valence-electron chi connectivity index (χ4n) is 1.95. The second-order valence-corrected chi connectivity index (χ2v) is 4.80. The smallest absolute Gasteiger partial charge is 0.0294 e. The highest BCUT2D eigenvalue weighted by atomic mass is 14.6. The van der Waals surface area contributed by atoms with Crippen LogP contribution in [0.25, 0.3) is 0 Å². The van der Waals surface area contributed by atoms with E-state index in [4.69, 9.17) is 5.73 Å². The van der Waals surface area contributed by atoms with Crippen LogP contribution in [0.15, 0.2) is 18.2 Å². The van der Waals surface area contributed by atoms with Gasteiger partial charge in [-0.15, -0.1) is 0 Å². The number of unbranched alkanes of at least 4 members (excludes halogenated alkanes) is 3. The van der Waals surface area contributed by atoms with Crippen molar-refractivity contribution in [2.24, 2.45) is 5.73 Å². The highest BCUT2D eigenvalue weighted by Gasteiger charge is 2.06. The average Bonchev–Trinajstić information content (AvgIpc) is 2.28. The van der Waals surface area contributed by atoms with Gasteiger partial charge in [-0.1, -0.05) is 50.8 Å². The van der Waals surface area contributed by atoms with E-state index in [1.54, 1.807) is 0 Å². The summed E-state index contributed by atoms with van der Waals surface area (Å²) in [4.78, 5) is 0. The van der Waals surface area contributed by atoms with Crippen LogP contribution in [0.5, 0.6) is 0 Å². The summed E-state index contributed by atoms with van der Waals surface area (Å²) in [5, 5.41) is 0. The van der Waals surface area contributed by atoms with Gasteiger partial charge in [0.15, 0.2) is 0 Å². The van der Waals surface area contributed by atoms with Crippen molar-refractivity contribution in [3.8, 4) is 0 Å². The molecule has 1 nitrogen and oxygen atoms in total. The largest absolute Gasteiger partial charge is 0.324 e. The Morgan fingerprint density at radius 1 is 1.06 bits per heavy atom. The van der Waals surface area contributed by atoms with Crippen LogP contribution in [-0.2, 0) is 0 Å². The predicted octanol–water partition coefficient (Wildman–Crippen LogP) is 4.27. The molecule has 1 heteroatoms. The van der Waals surface area contributed by atoms with Crippen LogP contribution in [0, 0.1) is 13.8 Å². The van der Waals surface area contributed by atoms with Gasteiger partial charge in [0, 0.05) is 6.04 Å². The lowest BCUT2D eigenvalue weighted by atomic mass is 9.97. The van der Waals surface area contributed by atoms with Crippen molar-refractivity contribution in [1.29, 1.82) is 0 Å². The molecule has 0 aliphatic heterocycles. The van der Waals surface area contributed by atoms with Gasteiger partial charge in [0.1, 0.15) is 0 Å². The summed E-state index contributed by atoms with van der Waals surface area (Å²) in [6.07, 6.45) is 6.30. The van der Waals surface area contributed by atoms with E-state index in [9.17, 15) is 0 Å². The van der Waals surface area contributed by atoms with Gasteiger partial charge in [-0.3, -0.25) is 0 Å². The van der Waals surface area contributed by atoms with Gasteiger partial charge in [-0.2, -0.15) is 0 Å². The summed E-state index contributed by atoms with van der Waals surface area (Å²) in [6, 6.07) is 6.81. The number of nitrogens with two attached hydrogens (primary N) is 1. The van der Waals surface area contributed by atoms with E-state index in [1.165, 1.54) is 42.4 Å². The van der Waals surface area contributed by atoms with Crippen LogP contribution in [0.3, 0.4) is 0 Å². The summed E-state index contributed by atoms with van der Waals surface area (Å²) >= 11 is 0. The van der Waals surface area contributed by atoms with Gasteiger partial charge in [-0.05, 0) is 37.0 Å². The molecule has 0 heterocycles. The Morgan fingerprint density at radius 2 is 1.81 bits per heavy atom. The second kappa shape index (κ2) is 6.70. The Labute approximate surface area is 100 Å². The lowest BCUT2D eigenvalue weighted by molar-refractivity contribution is 0.566. The monoisotopic (exact) mass is 219 g/mol. The average molecular weight is 219 g/mol. The van der Waals surface area contributed by atoms with Crippen molar-refractivity contribution in [3.63, 3.8) is 0 Å². The molecule has 0 bridgehead atoms. The molecule has 0 aliphatic rings. The maximum Gasteiger partial charge on any atom is 0.0294 e. The normalized spacial score (nSPS) is 12.8. The van der Waals surface area contributed by atoms with Crippen LogP contribution in [0.1, 0.15) is 61.8 Å². The summed E-state index contributed by atoms with van der Waals surface area (Å²) in [6.45, 7) is 6.54. The fourth-order valence-corrected chi connectivity index (χ4v) is 1.95. The van der Waals surface area contributed by atoms with E-state index >= 15 is 0 Å². The molecule has 0 saturated heterocycles. The first kappa shape index (κ1) is 13.2. The summed E-state index contributed by atoms with van der Waals surface area (Å²) < 4.78 is 0. The first-order valence-corrected chi connectivity index (χ1v) is 6.48. The Bertz CT molecular complexity index is 317. The van der Waals surface area contributed by atoms with Crippen molar-refractivity contribution in [2.75, 3.05) is 0 Å². The van der Waals surface area contributed by atoms with E-state index in [0.29, 0.717) is 0 Å². The minimum Gasteiger partial charge on any atom is -0.324 e. The van der Waals surface area contributed by atoms with Gasteiger partial charge in [0.2, 0.25) is 0 Å². The number of aryl methyl sites for hydroxylation is 2. The fraction of sp³-hybridized carbons (Fsp3) is 0.600. The minimum atomic E-state index is 0.219. The molecule has 1 atom stereocenters. The zero-order valence-electron chi connectivity index (χ0n) is 10.9. The third-order valence-electron chi connectivity index (χ3n) is 3.33. The molecule has 0 aliphatic carbocycles. The molecular formula is C15H25N. The summed E-state index contributed by atoms with van der Waals surface area (Å²) in [5.74, 6) is 0. The minimum absolute atomic E-state index is 0.219.